The number of benzene rings is 1. The van der Waals surface area contributed by atoms with Crippen LogP contribution in [0.5, 0.6) is 5.88 Å². The van der Waals surface area contributed by atoms with Crippen LogP contribution in [0, 0.1) is 23.0 Å². The van der Waals surface area contributed by atoms with Crippen LogP contribution in [0.15, 0.2) is 29.5 Å². The number of carbonyl (C=O) groups is 1. The summed E-state index contributed by atoms with van der Waals surface area (Å²) in [5.74, 6) is -2.48. The Balaban J connectivity index is 1.36. The lowest BCUT2D eigenvalue weighted by atomic mass is 9.85. The molecule has 0 spiro atoms. The number of anilines is 1. The van der Waals surface area contributed by atoms with Gasteiger partial charge in [-0.05, 0) is 32.3 Å². The quantitative estimate of drug-likeness (QED) is 0.563. The first-order valence-corrected chi connectivity index (χ1v) is 12.2. The van der Waals surface area contributed by atoms with Crippen molar-refractivity contribution < 1.29 is 23.0 Å². The van der Waals surface area contributed by atoms with Gasteiger partial charge in [0.2, 0.25) is 5.88 Å². The van der Waals surface area contributed by atoms with Gasteiger partial charge in [-0.1, -0.05) is 18.7 Å². The van der Waals surface area contributed by atoms with Gasteiger partial charge >= 0.3 is 0 Å². The molecule has 2 fully saturated rings. The highest BCUT2D eigenvalue weighted by Crippen LogP contribution is 2.66. The van der Waals surface area contributed by atoms with Crippen molar-refractivity contribution in [2.75, 3.05) is 25.6 Å². The molecule has 2 heterocycles. The molecular weight excluding hydrogens is 476 g/mol. The molecule has 11 heteroatoms. The van der Waals surface area contributed by atoms with Crippen molar-refractivity contribution in [1.82, 2.24) is 9.97 Å². The fourth-order valence-electron chi connectivity index (χ4n) is 4.67. The molecule has 1 aliphatic heterocycles. The van der Waals surface area contributed by atoms with E-state index in [0.29, 0.717) is 30.7 Å². The Labute approximate surface area is 206 Å². The third-order valence-corrected chi connectivity index (χ3v) is 8.38. The first kappa shape index (κ1) is 23.9. The highest BCUT2D eigenvalue weighted by atomic mass is 32.2. The van der Waals surface area contributed by atoms with Gasteiger partial charge in [0.25, 0.3) is 5.91 Å². The van der Waals surface area contributed by atoms with E-state index in [2.05, 4.69) is 27.2 Å². The number of carbonyl (C=O) groups excluding carboxylic acids is 1. The average Bonchev–Trinajstić information content (AvgIpc) is 3.72. The number of thioether (sulfide) groups is 1. The lowest BCUT2D eigenvalue weighted by Gasteiger charge is -2.34. The molecule has 0 bridgehead atoms. The predicted octanol–water partition coefficient (Wildman–Crippen LogP) is 3.87. The maximum absolute atomic E-state index is 15.0. The molecule has 8 nitrogen and oxygen atoms in total. The minimum absolute atomic E-state index is 0.0186. The number of ether oxygens (including phenoxy) is 2. The van der Waals surface area contributed by atoms with Crippen LogP contribution in [0.1, 0.15) is 49.2 Å². The van der Waals surface area contributed by atoms with Crippen molar-refractivity contribution in [1.29, 1.82) is 0 Å². The number of nitrogens with zero attached hydrogens (tertiary/aromatic N) is 3. The smallest absolute Gasteiger partial charge is 0.275 e. The Morgan fingerprint density at radius 2 is 2.00 bits per heavy atom. The number of nitrogens with one attached hydrogen (secondary N) is 1. The first-order chi connectivity index (χ1) is 16.6. The summed E-state index contributed by atoms with van der Waals surface area (Å²) in [4.78, 5) is 25.5. The Hall–Kier alpha value is -2.79. The van der Waals surface area contributed by atoms with Crippen LogP contribution in [0.2, 0.25) is 0 Å². The second kappa shape index (κ2) is 8.41. The Kier molecular flexibility index (Phi) is 5.75. The van der Waals surface area contributed by atoms with Gasteiger partial charge in [0, 0.05) is 35.8 Å². The summed E-state index contributed by atoms with van der Waals surface area (Å²) in [5.41, 5.74) is 5.29. The zero-order valence-corrected chi connectivity index (χ0v) is 20.5. The number of amides is 1. The normalized spacial score (nSPS) is 28.0. The van der Waals surface area contributed by atoms with Gasteiger partial charge < -0.3 is 20.5 Å². The molecule has 0 saturated heterocycles. The lowest BCUT2D eigenvalue weighted by molar-refractivity contribution is 0.102. The van der Waals surface area contributed by atoms with E-state index in [-0.39, 0.29) is 33.0 Å². The van der Waals surface area contributed by atoms with Crippen molar-refractivity contribution in [2.24, 2.45) is 22.1 Å². The molecule has 35 heavy (non-hydrogen) atoms. The summed E-state index contributed by atoms with van der Waals surface area (Å²) in [6.07, 6.45) is 5.59. The van der Waals surface area contributed by atoms with E-state index < -0.39 is 23.1 Å². The molecule has 2 aliphatic carbocycles. The van der Waals surface area contributed by atoms with Crippen LogP contribution in [-0.4, -0.2) is 46.1 Å². The molecule has 2 saturated carbocycles. The van der Waals surface area contributed by atoms with Crippen LogP contribution in [0.3, 0.4) is 0 Å². The first-order valence-electron chi connectivity index (χ1n) is 11.4. The third kappa shape index (κ3) is 4.47. The molecule has 5 rings (SSSR count). The maximum atomic E-state index is 15.0. The number of aliphatic imine (C=N–C) groups is 1. The van der Waals surface area contributed by atoms with E-state index in [1.807, 2.05) is 0 Å². The summed E-state index contributed by atoms with van der Waals surface area (Å²) in [6.45, 7) is 4.83. The number of methoxy groups -OCH3 is 1. The fourth-order valence-corrected chi connectivity index (χ4v) is 6.12. The zero-order valence-electron chi connectivity index (χ0n) is 19.7. The largest absolute Gasteiger partial charge is 0.476 e. The number of hydrogen-bond donors (Lipinski definition) is 2. The van der Waals surface area contributed by atoms with E-state index in [9.17, 15) is 9.18 Å². The van der Waals surface area contributed by atoms with Crippen LogP contribution < -0.4 is 15.8 Å². The number of amidine groups is 1. The number of rotatable bonds is 8. The third-order valence-electron chi connectivity index (χ3n) is 7.11. The molecule has 1 aromatic heterocycles. The number of halogens is 2. The van der Waals surface area contributed by atoms with E-state index in [1.54, 1.807) is 14.0 Å². The van der Waals surface area contributed by atoms with Gasteiger partial charge in [-0.15, -0.1) is 0 Å². The summed E-state index contributed by atoms with van der Waals surface area (Å²) in [7, 11) is 1.59. The highest BCUT2D eigenvalue weighted by molar-refractivity contribution is 8.15. The molecule has 3 aliphatic rings. The number of aromatic nitrogens is 2. The van der Waals surface area contributed by atoms with Gasteiger partial charge in [-0.3, -0.25) is 9.79 Å². The molecule has 3 atom stereocenters. The van der Waals surface area contributed by atoms with Gasteiger partial charge in [-0.25, -0.2) is 18.7 Å². The molecular formula is C24H27F2N5O3S. The van der Waals surface area contributed by atoms with Crippen LogP contribution in [-0.2, 0) is 10.3 Å². The molecule has 1 amide bonds. The monoisotopic (exact) mass is 503 g/mol. The fraction of sp³-hybridized carbons (Fsp3) is 0.500. The molecule has 1 aromatic carbocycles. The van der Waals surface area contributed by atoms with Crippen molar-refractivity contribution in [3.05, 3.63) is 47.4 Å². The summed E-state index contributed by atoms with van der Waals surface area (Å²) in [5, 5.41) is 2.88. The summed E-state index contributed by atoms with van der Waals surface area (Å²) >= 11 is 1.41. The average molecular weight is 504 g/mol. The van der Waals surface area contributed by atoms with E-state index >= 15 is 4.39 Å². The second-order valence-electron chi connectivity index (χ2n) is 10.1. The van der Waals surface area contributed by atoms with E-state index in [4.69, 9.17) is 15.2 Å². The van der Waals surface area contributed by atoms with Gasteiger partial charge in [0.05, 0.1) is 35.9 Å². The van der Waals surface area contributed by atoms with E-state index in [0.717, 1.165) is 18.9 Å². The lowest BCUT2D eigenvalue weighted by Crippen LogP contribution is -2.38. The molecule has 0 radical (unpaired) electrons. The minimum atomic E-state index is -1.10. The Morgan fingerprint density at radius 1 is 1.23 bits per heavy atom. The van der Waals surface area contributed by atoms with E-state index in [1.165, 1.54) is 30.2 Å². The van der Waals surface area contributed by atoms with Gasteiger partial charge in [0.1, 0.15) is 5.69 Å². The topological polar surface area (TPSA) is 112 Å². The van der Waals surface area contributed by atoms with Crippen molar-refractivity contribution >= 4 is 28.5 Å². The van der Waals surface area contributed by atoms with Gasteiger partial charge in [-0.2, -0.15) is 0 Å². The number of nitrogens with two attached hydrogens (primary N) is 1. The minimum Gasteiger partial charge on any atom is -0.476 e. The SMILES string of the molecule is COC[C@]12C[C@H]1[C@@](C)(c1cc(NC(=O)c3cnc(OCC4(C)CC4)cn3)cc(F)c1F)N=C(N)S2. The van der Waals surface area contributed by atoms with Crippen molar-refractivity contribution in [2.45, 2.75) is 43.4 Å². The standard InChI is InChI=1S/C24H27F2N5O3S/c1-22(4-5-22)11-34-18-10-28-16(9-29-18)20(32)30-13-6-14(19(26)15(25)7-13)23(2)17-8-24(17,12-33-3)35-21(27)31-23/h6-7,9-10,17H,4-5,8,11-12H2,1-3H3,(H2,27,31)(H,30,32)/t17-,23+,24+/m0/s1. The summed E-state index contributed by atoms with van der Waals surface area (Å²) in [6, 6.07) is 2.33. The number of fused-ring (bicyclic) bond motifs is 1. The highest BCUT2D eigenvalue weighted by Gasteiger charge is 2.66. The maximum Gasteiger partial charge on any atom is 0.275 e. The molecule has 186 valence electrons. The second-order valence-corrected chi connectivity index (χ2v) is 11.5. The van der Waals surface area contributed by atoms with Crippen LogP contribution in [0.25, 0.3) is 0 Å². The van der Waals surface area contributed by atoms with Crippen molar-refractivity contribution in [3.8, 4) is 5.88 Å². The zero-order chi connectivity index (χ0) is 25.0. The van der Waals surface area contributed by atoms with Crippen LogP contribution in [0.4, 0.5) is 14.5 Å². The van der Waals surface area contributed by atoms with Gasteiger partial charge in [0.15, 0.2) is 16.8 Å². The van der Waals surface area contributed by atoms with Crippen molar-refractivity contribution in [3.63, 3.8) is 0 Å². The molecule has 0 unspecified atom stereocenters. The summed E-state index contributed by atoms with van der Waals surface area (Å²) < 4.78 is 40.3. The van der Waals surface area contributed by atoms with Crippen LogP contribution >= 0.6 is 11.8 Å². The molecule has 3 N–H and O–H groups in total. The molecule has 2 aromatic rings. The predicted molar refractivity (Wildman–Crippen MR) is 128 cm³/mol. The Morgan fingerprint density at radius 3 is 2.66 bits per heavy atom. The number of hydrogen-bond acceptors (Lipinski definition) is 8. The Bertz CT molecular complexity index is 1210.